The summed E-state index contributed by atoms with van der Waals surface area (Å²) < 4.78 is 13.0. The third kappa shape index (κ3) is 1.42. The number of rotatable bonds is 1. The van der Waals surface area contributed by atoms with Crippen LogP contribution in [0.15, 0.2) is 23.0 Å². The topological polar surface area (TPSA) is 45.8 Å². The molecule has 3 nitrogen and oxygen atoms in total. The van der Waals surface area contributed by atoms with Crippen molar-refractivity contribution in [1.82, 2.24) is 9.97 Å². The van der Waals surface area contributed by atoms with Crippen molar-refractivity contribution in [3.8, 4) is 0 Å². The molecule has 0 saturated heterocycles. The predicted molar refractivity (Wildman–Crippen MR) is 54.3 cm³/mol. The number of H-pyrrole nitrogens is 1. The lowest BCUT2D eigenvalue weighted by Gasteiger charge is -2.03. The molecule has 1 aromatic heterocycles. The average molecular weight is 204 g/mol. The zero-order valence-electron chi connectivity index (χ0n) is 7.96. The first-order chi connectivity index (χ1) is 7.24. The summed E-state index contributed by atoms with van der Waals surface area (Å²) in [7, 11) is 0. The lowest BCUT2D eigenvalue weighted by atomic mass is 10.1. The molecule has 0 atom stereocenters. The number of hydrogen-bond acceptors (Lipinski definition) is 2. The summed E-state index contributed by atoms with van der Waals surface area (Å²) in [6, 6.07) is 4.38. The van der Waals surface area contributed by atoms with Crippen molar-refractivity contribution in [2.45, 2.75) is 18.8 Å². The maximum atomic E-state index is 13.0. The lowest BCUT2D eigenvalue weighted by molar-refractivity contribution is 0.629. The molecule has 15 heavy (non-hydrogen) atoms. The van der Waals surface area contributed by atoms with Crippen molar-refractivity contribution >= 4 is 10.9 Å². The van der Waals surface area contributed by atoms with Crippen LogP contribution in [0.5, 0.6) is 0 Å². The average Bonchev–Trinajstić information content (AvgIpc) is 2.98. The smallest absolute Gasteiger partial charge is 0.309 e. The first-order valence-corrected chi connectivity index (χ1v) is 4.93. The summed E-state index contributed by atoms with van der Waals surface area (Å²) in [6.07, 6.45) is 2.18. The summed E-state index contributed by atoms with van der Waals surface area (Å²) in [4.78, 5) is 17.8. The summed E-state index contributed by atoms with van der Waals surface area (Å²) in [6.45, 7) is 0. The van der Waals surface area contributed by atoms with Gasteiger partial charge in [0.1, 0.15) is 5.82 Å². The molecule has 0 bridgehead atoms. The SMILES string of the molecule is O=c1nc2cc(F)ccc2c(C2CC2)[nH]1. The second-order valence-electron chi connectivity index (χ2n) is 3.89. The Balaban J connectivity index is 2.38. The first kappa shape index (κ1) is 8.59. The number of aromatic amines is 1. The zero-order chi connectivity index (χ0) is 10.4. The van der Waals surface area contributed by atoms with Gasteiger partial charge in [0.2, 0.25) is 0 Å². The van der Waals surface area contributed by atoms with Gasteiger partial charge in [0.15, 0.2) is 0 Å². The molecule has 0 amide bonds. The van der Waals surface area contributed by atoms with E-state index in [4.69, 9.17) is 0 Å². The maximum Gasteiger partial charge on any atom is 0.345 e. The Morgan fingerprint density at radius 3 is 2.93 bits per heavy atom. The van der Waals surface area contributed by atoms with E-state index < -0.39 is 5.69 Å². The fourth-order valence-corrected chi connectivity index (χ4v) is 1.84. The molecular weight excluding hydrogens is 195 g/mol. The number of halogens is 1. The summed E-state index contributed by atoms with van der Waals surface area (Å²) in [5.41, 5.74) is 0.959. The van der Waals surface area contributed by atoms with Gasteiger partial charge in [-0.15, -0.1) is 0 Å². The van der Waals surface area contributed by atoms with Gasteiger partial charge >= 0.3 is 5.69 Å². The molecule has 2 aromatic rings. The summed E-state index contributed by atoms with van der Waals surface area (Å²) in [5.74, 6) is 0.0657. The third-order valence-corrected chi connectivity index (χ3v) is 2.70. The van der Waals surface area contributed by atoms with Gasteiger partial charge in [-0.25, -0.2) is 9.18 Å². The molecule has 0 radical (unpaired) electrons. The molecule has 1 aromatic carbocycles. The molecule has 1 aliphatic rings. The Kier molecular flexibility index (Phi) is 1.65. The minimum Gasteiger partial charge on any atom is -0.309 e. The predicted octanol–water partition coefficient (Wildman–Crippen LogP) is 1.94. The molecule has 76 valence electrons. The fraction of sp³-hybridized carbons (Fsp3) is 0.273. The Morgan fingerprint density at radius 2 is 2.20 bits per heavy atom. The third-order valence-electron chi connectivity index (χ3n) is 2.70. The van der Waals surface area contributed by atoms with Crippen molar-refractivity contribution in [1.29, 1.82) is 0 Å². The molecule has 1 aliphatic carbocycles. The van der Waals surface area contributed by atoms with Crippen LogP contribution in [0.3, 0.4) is 0 Å². The number of hydrogen-bond donors (Lipinski definition) is 1. The van der Waals surface area contributed by atoms with Gasteiger partial charge in [-0.05, 0) is 30.9 Å². The number of fused-ring (bicyclic) bond motifs is 1. The van der Waals surface area contributed by atoms with E-state index in [1.165, 1.54) is 12.1 Å². The highest BCUT2D eigenvalue weighted by molar-refractivity contribution is 5.81. The van der Waals surface area contributed by atoms with Crippen molar-refractivity contribution in [3.05, 3.63) is 40.2 Å². The molecule has 0 spiro atoms. The van der Waals surface area contributed by atoms with Gasteiger partial charge < -0.3 is 4.98 Å². The van der Waals surface area contributed by atoms with Crippen LogP contribution in [-0.2, 0) is 0 Å². The second-order valence-corrected chi connectivity index (χ2v) is 3.89. The number of nitrogens with zero attached hydrogens (tertiary/aromatic N) is 1. The number of aromatic nitrogens is 2. The fourth-order valence-electron chi connectivity index (χ4n) is 1.84. The van der Waals surface area contributed by atoms with Gasteiger partial charge in [-0.1, -0.05) is 0 Å². The quantitative estimate of drug-likeness (QED) is 0.771. The zero-order valence-corrected chi connectivity index (χ0v) is 7.96. The van der Waals surface area contributed by atoms with Gasteiger partial charge in [-0.3, -0.25) is 0 Å². The lowest BCUT2D eigenvalue weighted by Crippen LogP contribution is -2.12. The minimum absolute atomic E-state index is 0.359. The number of nitrogens with one attached hydrogen (secondary N) is 1. The maximum absolute atomic E-state index is 13.0. The van der Waals surface area contributed by atoms with E-state index in [0.29, 0.717) is 11.4 Å². The van der Waals surface area contributed by atoms with Crippen LogP contribution in [0.1, 0.15) is 24.5 Å². The minimum atomic E-state index is -0.394. The molecular formula is C11H9FN2O. The molecule has 1 fully saturated rings. The number of benzene rings is 1. The highest BCUT2D eigenvalue weighted by atomic mass is 19.1. The van der Waals surface area contributed by atoms with Gasteiger partial charge in [-0.2, -0.15) is 4.98 Å². The van der Waals surface area contributed by atoms with Crippen molar-refractivity contribution in [2.24, 2.45) is 0 Å². The molecule has 0 aliphatic heterocycles. The molecule has 1 saturated carbocycles. The van der Waals surface area contributed by atoms with Gasteiger partial charge in [0.25, 0.3) is 0 Å². The first-order valence-electron chi connectivity index (χ1n) is 4.93. The van der Waals surface area contributed by atoms with E-state index in [-0.39, 0.29) is 5.82 Å². The monoisotopic (exact) mass is 204 g/mol. The van der Waals surface area contributed by atoms with Crippen LogP contribution in [0.25, 0.3) is 10.9 Å². The van der Waals surface area contributed by atoms with E-state index in [9.17, 15) is 9.18 Å². The molecule has 4 heteroatoms. The molecule has 0 unspecified atom stereocenters. The van der Waals surface area contributed by atoms with Crippen LogP contribution in [-0.4, -0.2) is 9.97 Å². The molecule has 1 heterocycles. The van der Waals surface area contributed by atoms with Crippen LogP contribution >= 0.6 is 0 Å². The van der Waals surface area contributed by atoms with Crippen molar-refractivity contribution in [2.75, 3.05) is 0 Å². The van der Waals surface area contributed by atoms with Crippen LogP contribution in [0.4, 0.5) is 4.39 Å². The van der Waals surface area contributed by atoms with E-state index in [1.807, 2.05) is 0 Å². The summed E-state index contributed by atoms with van der Waals surface area (Å²) >= 11 is 0. The largest absolute Gasteiger partial charge is 0.345 e. The Labute approximate surface area is 85.0 Å². The summed E-state index contributed by atoms with van der Waals surface area (Å²) in [5, 5.41) is 0.860. The van der Waals surface area contributed by atoms with Crippen molar-refractivity contribution in [3.63, 3.8) is 0 Å². The standard InChI is InChI=1S/C11H9FN2O/c12-7-3-4-8-9(5-7)13-11(15)14-10(8)6-1-2-6/h3-6H,1-2H2,(H,13,14,15). The second kappa shape index (κ2) is 2.89. The molecule has 1 N–H and O–H groups in total. The van der Waals surface area contributed by atoms with E-state index in [2.05, 4.69) is 9.97 Å². The highest BCUT2D eigenvalue weighted by Gasteiger charge is 2.26. The Morgan fingerprint density at radius 1 is 1.40 bits per heavy atom. The normalized spacial score (nSPS) is 15.8. The van der Waals surface area contributed by atoms with Crippen LogP contribution < -0.4 is 5.69 Å². The van der Waals surface area contributed by atoms with E-state index in [1.54, 1.807) is 6.07 Å². The Bertz CT molecular complexity index is 587. The van der Waals surface area contributed by atoms with Crippen LogP contribution in [0.2, 0.25) is 0 Å². The Hall–Kier alpha value is -1.71. The van der Waals surface area contributed by atoms with Crippen molar-refractivity contribution < 1.29 is 4.39 Å². The van der Waals surface area contributed by atoms with Gasteiger partial charge in [0, 0.05) is 17.1 Å². The van der Waals surface area contributed by atoms with E-state index in [0.717, 1.165) is 23.9 Å². The van der Waals surface area contributed by atoms with E-state index >= 15 is 0 Å². The molecule has 3 rings (SSSR count). The van der Waals surface area contributed by atoms with Crippen LogP contribution in [0, 0.1) is 5.82 Å². The van der Waals surface area contributed by atoms with Gasteiger partial charge in [0.05, 0.1) is 5.52 Å². The highest BCUT2D eigenvalue weighted by Crippen LogP contribution is 2.41.